The number of thioether (sulfide) groups is 1. The average molecular weight is 376 g/mol. The molecule has 0 amide bonds. The van der Waals surface area contributed by atoms with E-state index in [-0.39, 0.29) is 0 Å². The molecule has 5 heteroatoms. The van der Waals surface area contributed by atoms with Crippen molar-refractivity contribution in [1.82, 2.24) is 14.8 Å². The predicted molar refractivity (Wildman–Crippen MR) is 111 cm³/mol. The fourth-order valence-corrected chi connectivity index (χ4v) is 4.07. The number of hydrogen-bond donors (Lipinski definition) is 0. The van der Waals surface area contributed by atoms with Gasteiger partial charge in [0.25, 0.3) is 0 Å². The molecule has 0 aliphatic heterocycles. The molecule has 2 aromatic carbocycles. The molecule has 0 saturated carbocycles. The molecule has 0 bridgehead atoms. The molecule has 0 aliphatic carbocycles. The van der Waals surface area contributed by atoms with E-state index in [4.69, 9.17) is 0 Å². The van der Waals surface area contributed by atoms with Crippen LogP contribution >= 0.6 is 23.1 Å². The quantitative estimate of drug-likeness (QED) is 0.399. The summed E-state index contributed by atoms with van der Waals surface area (Å²) in [6.07, 6.45) is 4.30. The van der Waals surface area contributed by atoms with Crippen LogP contribution in [0.1, 0.15) is 5.56 Å². The summed E-state index contributed by atoms with van der Waals surface area (Å²) in [7, 11) is 0. The third-order valence-corrected chi connectivity index (χ3v) is 5.56. The van der Waals surface area contributed by atoms with Gasteiger partial charge in [0.1, 0.15) is 0 Å². The number of benzene rings is 2. The second-order valence-electron chi connectivity index (χ2n) is 5.58. The molecular formula is C21H17N3S2. The fraction of sp³-hybridized carbons (Fsp3) is 0.0476. The molecule has 4 rings (SSSR count). The summed E-state index contributed by atoms with van der Waals surface area (Å²) in [5, 5.41) is 11.9. The van der Waals surface area contributed by atoms with Crippen molar-refractivity contribution in [2.45, 2.75) is 5.16 Å². The van der Waals surface area contributed by atoms with Gasteiger partial charge in [0, 0.05) is 11.4 Å². The number of nitrogens with zero attached hydrogens (tertiary/aromatic N) is 3. The van der Waals surface area contributed by atoms with E-state index in [1.165, 1.54) is 5.56 Å². The Morgan fingerprint density at radius 3 is 2.38 bits per heavy atom. The van der Waals surface area contributed by atoms with Gasteiger partial charge >= 0.3 is 0 Å². The summed E-state index contributed by atoms with van der Waals surface area (Å²) in [6.45, 7) is 0. The third kappa shape index (κ3) is 3.79. The molecule has 3 nitrogen and oxygen atoms in total. The van der Waals surface area contributed by atoms with Gasteiger partial charge in [0.05, 0.1) is 4.88 Å². The van der Waals surface area contributed by atoms with Gasteiger partial charge in [-0.05, 0) is 29.1 Å². The minimum Gasteiger partial charge on any atom is -0.269 e. The second-order valence-corrected chi connectivity index (χ2v) is 7.51. The molecule has 0 fully saturated rings. The Morgan fingerprint density at radius 2 is 1.65 bits per heavy atom. The highest BCUT2D eigenvalue weighted by Crippen LogP contribution is 2.30. The van der Waals surface area contributed by atoms with Crippen LogP contribution in [0.5, 0.6) is 0 Å². The highest BCUT2D eigenvalue weighted by Gasteiger charge is 2.16. The van der Waals surface area contributed by atoms with Crippen molar-refractivity contribution in [3.8, 4) is 16.4 Å². The van der Waals surface area contributed by atoms with Crippen LogP contribution in [0.3, 0.4) is 0 Å². The lowest BCUT2D eigenvalue weighted by atomic mass is 10.2. The van der Waals surface area contributed by atoms with Crippen molar-refractivity contribution in [3.05, 3.63) is 89.8 Å². The van der Waals surface area contributed by atoms with E-state index in [0.717, 1.165) is 27.3 Å². The van der Waals surface area contributed by atoms with Gasteiger partial charge in [0.2, 0.25) is 0 Å². The average Bonchev–Trinajstić information content (AvgIpc) is 3.36. The first kappa shape index (κ1) is 16.8. The van der Waals surface area contributed by atoms with E-state index in [2.05, 4.69) is 62.6 Å². The van der Waals surface area contributed by atoms with Crippen LogP contribution in [0, 0.1) is 0 Å². The Labute approximate surface area is 161 Å². The first-order chi connectivity index (χ1) is 12.9. The van der Waals surface area contributed by atoms with Crippen LogP contribution in [-0.4, -0.2) is 20.5 Å². The largest absolute Gasteiger partial charge is 0.269 e. The number of hydrogen-bond acceptors (Lipinski definition) is 4. The lowest BCUT2D eigenvalue weighted by Crippen LogP contribution is -1.98. The lowest BCUT2D eigenvalue weighted by molar-refractivity contribution is 0.888. The van der Waals surface area contributed by atoms with Gasteiger partial charge in [-0.1, -0.05) is 78.5 Å². The minimum atomic E-state index is 0.838. The fourth-order valence-electron chi connectivity index (χ4n) is 2.61. The molecule has 0 spiro atoms. The molecular weight excluding hydrogens is 358 g/mol. The maximum atomic E-state index is 4.45. The number of thiophene rings is 1. The standard InChI is InChI=1S/C21H17N3S2/c1-3-9-17(10-4-1)11-7-16-26-21-23-22-20(19-14-8-15-25-19)24(21)18-12-5-2-6-13-18/h1-15H,16H2/b11-7+. The van der Waals surface area contributed by atoms with E-state index in [9.17, 15) is 0 Å². The van der Waals surface area contributed by atoms with Crippen molar-refractivity contribution >= 4 is 29.2 Å². The molecule has 0 aliphatic rings. The van der Waals surface area contributed by atoms with Gasteiger partial charge in [0.15, 0.2) is 11.0 Å². The van der Waals surface area contributed by atoms with Gasteiger partial charge in [-0.3, -0.25) is 4.57 Å². The summed E-state index contributed by atoms with van der Waals surface area (Å²) in [5.41, 5.74) is 2.28. The highest BCUT2D eigenvalue weighted by molar-refractivity contribution is 7.99. The minimum absolute atomic E-state index is 0.838. The molecule has 128 valence electrons. The van der Waals surface area contributed by atoms with Crippen LogP contribution < -0.4 is 0 Å². The normalized spacial score (nSPS) is 11.2. The Bertz CT molecular complexity index is 975. The van der Waals surface area contributed by atoms with E-state index in [1.807, 2.05) is 42.5 Å². The van der Waals surface area contributed by atoms with Crippen LogP contribution in [0.2, 0.25) is 0 Å². The maximum Gasteiger partial charge on any atom is 0.196 e. The summed E-state index contributed by atoms with van der Waals surface area (Å²) >= 11 is 3.36. The van der Waals surface area contributed by atoms with Crippen molar-refractivity contribution in [2.75, 3.05) is 5.75 Å². The monoisotopic (exact) mass is 375 g/mol. The Balaban J connectivity index is 1.59. The summed E-state index contributed by atoms with van der Waals surface area (Å²) in [5.74, 6) is 1.73. The SMILES string of the molecule is C(=C\c1ccccc1)/CSc1nnc(-c2cccs2)n1-c1ccccc1. The third-order valence-electron chi connectivity index (χ3n) is 3.81. The lowest BCUT2D eigenvalue weighted by Gasteiger charge is -2.08. The van der Waals surface area contributed by atoms with Gasteiger partial charge in [-0.25, -0.2) is 0 Å². The zero-order chi connectivity index (χ0) is 17.6. The summed E-state index contributed by atoms with van der Waals surface area (Å²) in [6, 6.07) is 24.7. The molecule has 0 radical (unpaired) electrons. The predicted octanol–water partition coefficient (Wildman–Crippen LogP) is 5.80. The summed E-state index contributed by atoms with van der Waals surface area (Å²) < 4.78 is 2.13. The van der Waals surface area contributed by atoms with Crippen LogP contribution in [0.25, 0.3) is 22.5 Å². The number of aromatic nitrogens is 3. The van der Waals surface area contributed by atoms with E-state index in [1.54, 1.807) is 23.1 Å². The van der Waals surface area contributed by atoms with Crippen molar-refractivity contribution in [3.63, 3.8) is 0 Å². The van der Waals surface area contributed by atoms with Gasteiger partial charge in [-0.2, -0.15) is 0 Å². The smallest absolute Gasteiger partial charge is 0.196 e. The molecule has 0 saturated heterocycles. The van der Waals surface area contributed by atoms with Gasteiger partial charge < -0.3 is 0 Å². The molecule has 0 N–H and O–H groups in total. The van der Waals surface area contributed by atoms with Crippen LogP contribution in [0.15, 0.2) is 89.4 Å². The molecule has 2 aromatic heterocycles. The van der Waals surface area contributed by atoms with Gasteiger partial charge in [-0.15, -0.1) is 21.5 Å². The molecule has 4 aromatic rings. The van der Waals surface area contributed by atoms with E-state index in [0.29, 0.717) is 0 Å². The van der Waals surface area contributed by atoms with E-state index < -0.39 is 0 Å². The molecule has 26 heavy (non-hydrogen) atoms. The highest BCUT2D eigenvalue weighted by atomic mass is 32.2. The summed E-state index contributed by atoms with van der Waals surface area (Å²) in [4.78, 5) is 1.12. The molecule has 0 unspecified atom stereocenters. The topological polar surface area (TPSA) is 30.7 Å². The molecule has 0 atom stereocenters. The Kier molecular flexibility index (Phi) is 5.28. The zero-order valence-corrected chi connectivity index (χ0v) is 15.7. The Hall–Kier alpha value is -2.63. The maximum absolute atomic E-state index is 4.45. The first-order valence-electron chi connectivity index (χ1n) is 8.31. The second kappa shape index (κ2) is 8.17. The number of rotatable bonds is 6. The molecule has 2 heterocycles. The number of para-hydroxylation sites is 1. The van der Waals surface area contributed by atoms with Crippen molar-refractivity contribution < 1.29 is 0 Å². The van der Waals surface area contributed by atoms with Crippen LogP contribution in [0.4, 0.5) is 0 Å². The van der Waals surface area contributed by atoms with Crippen molar-refractivity contribution in [2.24, 2.45) is 0 Å². The van der Waals surface area contributed by atoms with E-state index >= 15 is 0 Å². The zero-order valence-electron chi connectivity index (χ0n) is 14.0. The van der Waals surface area contributed by atoms with Crippen LogP contribution in [-0.2, 0) is 0 Å². The van der Waals surface area contributed by atoms with Crippen molar-refractivity contribution in [1.29, 1.82) is 0 Å². The first-order valence-corrected chi connectivity index (χ1v) is 10.2. The Morgan fingerprint density at radius 1 is 0.885 bits per heavy atom.